The average molecular weight is 531 g/mol. The second-order valence-corrected chi connectivity index (χ2v) is 10.9. The zero-order chi connectivity index (χ0) is 28.0. The molecular weight excluding hydrogens is 496 g/mol. The van der Waals surface area contributed by atoms with Crippen molar-refractivity contribution in [2.45, 2.75) is 64.7 Å². The van der Waals surface area contributed by atoms with Crippen molar-refractivity contribution < 1.29 is 24.3 Å². The van der Waals surface area contributed by atoms with Gasteiger partial charge in [0, 0.05) is 28.6 Å². The van der Waals surface area contributed by atoms with Gasteiger partial charge in [0.25, 0.3) is 5.91 Å². The van der Waals surface area contributed by atoms with Gasteiger partial charge < -0.3 is 25.6 Å². The van der Waals surface area contributed by atoms with Crippen molar-refractivity contribution in [3.8, 4) is 0 Å². The predicted molar refractivity (Wildman–Crippen MR) is 146 cm³/mol. The maximum absolute atomic E-state index is 13.9. The van der Waals surface area contributed by atoms with E-state index in [9.17, 15) is 24.3 Å². The number of carboxylic acids is 1. The fourth-order valence-corrected chi connectivity index (χ4v) is 5.85. The highest BCUT2D eigenvalue weighted by molar-refractivity contribution is 6.04. The number of aliphatic carboxylic acids is 1. The molecule has 39 heavy (non-hydrogen) atoms. The first-order chi connectivity index (χ1) is 18.6. The van der Waals surface area contributed by atoms with Crippen molar-refractivity contribution in [1.29, 1.82) is 0 Å². The van der Waals surface area contributed by atoms with Crippen molar-refractivity contribution in [1.82, 2.24) is 20.5 Å². The number of para-hydroxylation sites is 1. The number of aromatic amines is 1. The molecule has 5 atom stereocenters. The molecule has 0 saturated heterocycles. The van der Waals surface area contributed by atoms with Gasteiger partial charge in [-0.25, -0.2) is 4.79 Å². The van der Waals surface area contributed by atoms with Gasteiger partial charge in [0.1, 0.15) is 18.1 Å². The van der Waals surface area contributed by atoms with Crippen LogP contribution < -0.4 is 10.6 Å². The molecular formula is C30H34N4O5. The first kappa shape index (κ1) is 26.5. The van der Waals surface area contributed by atoms with Crippen LogP contribution in [0.2, 0.25) is 0 Å². The first-order valence-corrected chi connectivity index (χ1v) is 13.5. The van der Waals surface area contributed by atoms with Crippen molar-refractivity contribution in [2.24, 2.45) is 11.8 Å². The third-order valence-corrected chi connectivity index (χ3v) is 8.18. The molecule has 2 aromatic carbocycles. The van der Waals surface area contributed by atoms with Crippen LogP contribution in [0.1, 0.15) is 67.3 Å². The third-order valence-electron chi connectivity index (χ3n) is 8.18. The van der Waals surface area contributed by atoms with E-state index in [4.69, 9.17) is 0 Å². The normalized spacial score (nSPS) is 20.1. The summed E-state index contributed by atoms with van der Waals surface area (Å²) in [5.74, 6) is -2.93. The molecule has 0 saturated carbocycles. The van der Waals surface area contributed by atoms with Crippen LogP contribution in [0.15, 0.2) is 48.5 Å². The van der Waals surface area contributed by atoms with Gasteiger partial charge in [-0.05, 0) is 35.1 Å². The number of H-pyrrole nitrogens is 1. The van der Waals surface area contributed by atoms with Crippen LogP contribution in [-0.4, -0.2) is 56.8 Å². The van der Waals surface area contributed by atoms with Crippen LogP contribution in [0.3, 0.4) is 0 Å². The number of rotatable bonds is 8. The Bertz CT molecular complexity index is 1460. The summed E-state index contributed by atoms with van der Waals surface area (Å²) in [5, 5.41) is 16.1. The summed E-state index contributed by atoms with van der Waals surface area (Å²) < 4.78 is 0. The standard InChI is InChI=1S/C30H34N4O5/c1-5-16(4)24(30(38)39)33-28(36)23(15(2)3)32-27(35)22-14-20-17-10-8-9-13-21(17)31-25(20)26-18-11-6-7-12-19(18)29(37)34(22)26/h6-13,15-16,22-24,26,31H,5,14H2,1-4H3,(H,32,35)(H,33,36)(H,38,39)/t16-,22-,23-,24-,26+/m0/s1. The maximum atomic E-state index is 13.9. The molecule has 9 heteroatoms. The van der Waals surface area contributed by atoms with E-state index in [1.54, 1.807) is 31.7 Å². The number of amides is 3. The molecule has 0 bridgehead atoms. The van der Waals surface area contributed by atoms with Crippen LogP contribution in [0.25, 0.3) is 10.9 Å². The van der Waals surface area contributed by atoms with E-state index >= 15 is 0 Å². The van der Waals surface area contributed by atoms with E-state index in [0.717, 1.165) is 27.7 Å². The Hall–Kier alpha value is -4.14. The minimum absolute atomic E-state index is 0.228. The number of hydrogen-bond acceptors (Lipinski definition) is 4. The Balaban J connectivity index is 1.49. The Kier molecular flexibility index (Phi) is 6.92. The molecule has 3 aromatic rings. The van der Waals surface area contributed by atoms with E-state index in [1.807, 2.05) is 49.4 Å². The highest BCUT2D eigenvalue weighted by Gasteiger charge is 2.49. The fourth-order valence-electron chi connectivity index (χ4n) is 5.85. The number of nitrogens with one attached hydrogen (secondary N) is 3. The number of aromatic nitrogens is 1. The molecule has 3 amide bonds. The van der Waals surface area contributed by atoms with Crippen LogP contribution in [0.5, 0.6) is 0 Å². The highest BCUT2D eigenvalue weighted by Crippen LogP contribution is 2.46. The minimum Gasteiger partial charge on any atom is -0.480 e. The molecule has 2 aliphatic rings. The summed E-state index contributed by atoms with van der Waals surface area (Å²) >= 11 is 0. The van der Waals surface area contributed by atoms with E-state index in [-0.39, 0.29) is 17.7 Å². The number of carbonyl (C=O) groups is 4. The van der Waals surface area contributed by atoms with Crippen molar-refractivity contribution in [2.75, 3.05) is 0 Å². The number of carboxylic acid groups (broad SMARTS) is 1. The second kappa shape index (κ2) is 10.2. The number of carbonyl (C=O) groups excluding carboxylic acids is 3. The van der Waals surface area contributed by atoms with Crippen LogP contribution in [0, 0.1) is 11.8 Å². The van der Waals surface area contributed by atoms with Gasteiger partial charge in [-0.3, -0.25) is 14.4 Å². The second-order valence-electron chi connectivity index (χ2n) is 10.9. The number of fused-ring (bicyclic) bond motifs is 7. The lowest BCUT2D eigenvalue weighted by atomic mass is 9.89. The van der Waals surface area contributed by atoms with Gasteiger partial charge in [0.05, 0.1) is 6.04 Å². The Morgan fingerprint density at radius 3 is 2.41 bits per heavy atom. The molecule has 3 heterocycles. The molecule has 1 aromatic heterocycles. The van der Waals surface area contributed by atoms with Gasteiger partial charge in [0.15, 0.2) is 0 Å². The predicted octanol–water partition coefficient (Wildman–Crippen LogP) is 3.39. The van der Waals surface area contributed by atoms with E-state index in [1.165, 1.54) is 0 Å². The molecule has 0 radical (unpaired) electrons. The highest BCUT2D eigenvalue weighted by atomic mass is 16.4. The number of hydrogen-bond donors (Lipinski definition) is 4. The van der Waals surface area contributed by atoms with Crippen LogP contribution in [0.4, 0.5) is 0 Å². The molecule has 0 unspecified atom stereocenters. The number of benzene rings is 2. The van der Waals surface area contributed by atoms with Crippen molar-refractivity contribution in [3.05, 3.63) is 70.9 Å². The smallest absolute Gasteiger partial charge is 0.326 e. The topological polar surface area (TPSA) is 132 Å². The lowest BCUT2D eigenvalue weighted by molar-refractivity contribution is -0.144. The molecule has 204 valence electrons. The molecule has 0 spiro atoms. The molecule has 4 N–H and O–H groups in total. The Morgan fingerprint density at radius 2 is 1.72 bits per heavy atom. The van der Waals surface area contributed by atoms with Gasteiger partial charge in [-0.1, -0.05) is 70.5 Å². The van der Waals surface area contributed by atoms with E-state index < -0.39 is 42.0 Å². The maximum Gasteiger partial charge on any atom is 0.326 e. The van der Waals surface area contributed by atoms with Crippen LogP contribution in [-0.2, 0) is 20.8 Å². The van der Waals surface area contributed by atoms with E-state index in [2.05, 4.69) is 15.6 Å². The number of nitrogens with zero attached hydrogens (tertiary/aromatic N) is 1. The Labute approximate surface area is 227 Å². The van der Waals surface area contributed by atoms with Crippen LogP contribution >= 0.6 is 0 Å². The summed E-state index contributed by atoms with van der Waals surface area (Å²) in [6, 6.07) is 11.9. The minimum atomic E-state index is -1.12. The van der Waals surface area contributed by atoms with Crippen molar-refractivity contribution in [3.63, 3.8) is 0 Å². The van der Waals surface area contributed by atoms with Crippen molar-refractivity contribution >= 4 is 34.6 Å². The lowest BCUT2D eigenvalue weighted by Gasteiger charge is -2.38. The summed E-state index contributed by atoms with van der Waals surface area (Å²) in [4.78, 5) is 57.8. The lowest BCUT2D eigenvalue weighted by Crippen LogP contribution is -2.59. The van der Waals surface area contributed by atoms with Gasteiger partial charge in [-0.2, -0.15) is 0 Å². The summed E-state index contributed by atoms with van der Waals surface area (Å²) in [6.45, 7) is 7.21. The average Bonchev–Trinajstić information content (AvgIpc) is 3.44. The quantitative estimate of drug-likeness (QED) is 0.355. The third kappa shape index (κ3) is 4.45. The SMILES string of the molecule is CC[C@H](C)[C@H](NC(=O)[C@@H](NC(=O)[C@@H]1Cc2c([nH]c3ccccc23)[C@H]2c3ccccc3C(=O)N21)C(C)C)C(=O)O. The molecule has 0 fully saturated rings. The zero-order valence-electron chi connectivity index (χ0n) is 22.5. The summed E-state index contributed by atoms with van der Waals surface area (Å²) in [6.07, 6.45) is 0.864. The molecule has 9 nitrogen and oxygen atoms in total. The molecule has 0 aliphatic carbocycles. The van der Waals surface area contributed by atoms with E-state index in [0.29, 0.717) is 18.4 Å². The monoisotopic (exact) mass is 530 g/mol. The summed E-state index contributed by atoms with van der Waals surface area (Å²) in [7, 11) is 0. The summed E-state index contributed by atoms with van der Waals surface area (Å²) in [5.41, 5.74) is 4.20. The molecule has 2 aliphatic heterocycles. The molecule has 5 rings (SSSR count). The van der Waals surface area contributed by atoms with Gasteiger partial charge >= 0.3 is 5.97 Å². The first-order valence-electron chi connectivity index (χ1n) is 13.5. The largest absolute Gasteiger partial charge is 0.480 e. The Morgan fingerprint density at radius 1 is 1.03 bits per heavy atom. The zero-order valence-corrected chi connectivity index (χ0v) is 22.5. The van der Waals surface area contributed by atoms with Gasteiger partial charge in [-0.15, -0.1) is 0 Å². The van der Waals surface area contributed by atoms with Gasteiger partial charge in [0.2, 0.25) is 11.8 Å². The fraction of sp³-hybridized carbons (Fsp3) is 0.400.